The van der Waals surface area contributed by atoms with E-state index in [1.165, 1.54) is 11.1 Å². The molecular formula is C25H24N2O. The van der Waals surface area contributed by atoms with Crippen LogP contribution in [0.4, 0.5) is 0 Å². The minimum absolute atomic E-state index is 0.108. The second kappa shape index (κ2) is 8.68. The third kappa shape index (κ3) is 4.56. The first-order chi connectivity index (χ1) is 13.8. The van der Waals surface area contributed by atoms with Crippen LogP contribution in [0.5, 0.6) is 0 Å². The monoisotopic (exact) mass is 368 g/mol. The Balaban J connectivity index is 1.57. The van der Waals surface area contributed by atoms with E-state index in [1.807, 2.05) is 48.7 Å². The number of carbonyl (C=O) groups is 1. The van der Waals surface area contributed by atoms with Gasteiger partial charge in [0.25, 0.3) is 0 Å². The van der Waals surface area contributed by atoms with Gasteiger partial charge in [-0.25, -0.2) is 0 Å². The van der Waals surface area contributed by atoms with Gasteiger partial charge in [0.05, 0.1) is 6.67 Å². The lowest BCUT2D eigenvalue weighted by Gasteiger charge is -2.35. The van der Waals surface area contributed by atoms with Crippen LogP contribution >= 0.6 is 0 Å². The fourth-order valence-electron chi connectivity index (χ4n) is 3.62. The molecule has 1 heterocycles. The van der Waals surface area contributed by atoms with Gasteiger partial charge < -0.3 is 4.90 Å². The molecule has 0 aliphatic carbocycles. The van der Waals surface area contributed by atoms with Crippen LogP contribution in [-0.4, -0.2) is 28.8 Å². The molecule has 3 aromatic carbocycles. The van der Waals surface area contributed by atoms with Crippen molar-refractivity contribution in [2.45, 2.75) is 13.1 Å². The highest BCUT2D eigenvalue weighted by atomic mass is 16.1. The Morgan fingerprint density at radius 3 is 1.86 bits per heavy atom. The van der Waals surface area contributed by atoms with E-state index in [1.54, 1.807) is 0 Å². The molecule has 0 amide bonds. The van der Waals surface area contributed by atoms with Gasteiger partial charge in [0.1, 0.15) is 0 Å². The first kappa shape index (κ1) is 18.2. The second-order valence-corrected chi connectivity index (χ2v) is 7.20. The maximum atomic E-state index is 13.1. The zero-order valence-electron chi connectivity index (χ0n) is 15.9. The predicted octanol–water partition coefficient (Wildman–Crippen LogP) is 4.73. The quantitative estimate of drug-likeness (QED) is 0.588. The molecule has 0 N–H and O–H groups in total. The van der Waals surface area contributed by atoms with Gasteiger partial charge in [0, 0.05) is 37.0 Å². The number of hydrogen-bond donors (Lipinski definition) is 0. The predicted molar refractivity (Wildman–Crippen MR) is 113 cm³/mol. The lowest BCUT2D eigenvalue weighted by atomic mass is 10.0. The lowest BCUT2D eigenvalue weighted by molar-refractivity contribution is 0.0974. The van der Waals surface area contributed by atoms with E-state index in [0.717, 1.165) is 30.9 Å². The van der Waals surface area contributed by atoms with Crippen molar-refractivity contribution in [1.29, 1.82) is 0 Å². The van der Waals surface area contributed by atoms with Gasteiger partial charge in [-0.3, -0.25) is 9.69 Å². The Morgan fingerprint density at radius 2 is 1.25 bits per heavy atom. The van der Waals surface area contributed by atoms with E-state index in [-0.39, 0.29) is 5.78 Å². The molecule has 0 bridgehead atoms. The van der Waals surface area contributed by atoms with Crippen molar-refractivity contribution < 1.29 is 4.79 Å². The molecule has 3 nitrogen and oxygen atoms in total. The normalized spacial score (nSPS) is 14.6. The summed E-state index contributed by atoms with van der Waals surface area (Å²) in [6, 6.07) is 30.4. The summed E-state index contributed by atoms with van der Waals surface area (Å²) in [7, 11) is 0. The van der Waals surface area contributed by atoms with Gasteiger partial charge in [0.15, 0.2) is 5.78 Å². The van der Waals surface area contributed by atoms with Crippen LogP contribution in [0.1, 0.15) is 21.5 Å². The second-order valence-electron chi connectivity index (χ2n) is 7.20. The van der Waals surface area contributed by atoms with Crippen molar-refractivity contribution >= 4 is 5.78 Å². The number of hydrogen-bond acceptors (Lipinski definition) is 3. The van der Waals surface area contributed by atoms with Gasteiger partial charge in [-0.1, -0.05) is 91.0 Å². The molecule has 3 heteroatoms. The molecule has 1 aliphatic rings. The van der Waals surface area contributed by atoms with E-state index in [0.29, 0.717) is 6.54 Å². The maximum absolute atomic E-state index is 13.1. The summed E-state index contributed by atoms with van der Waals surface area (Å²) in [4.78, 5) is 17.6. The molecule has 3 aromatic rings. The van der Waals surface area contributed by atoms with Gasteiger partial charge in [0.2, 0.25) is 0 Å². The Kier molecular flexibility index (Phi) is 5.64. The average molecular weight is 368 g/mol. The van der Waals surface area contributed by atoms with E-state index < -0.39 is 0 Å². The van der Waals surface area contributed by atoms with Crippen molar-refractivity contribution in [2.75, 3.05) is 13.2 Å². The van der Waals surface area contributed by atoms with Crippen molar-refractivity contribution in [2.24, 2.45) is 0 Å². The number of Topliss-reactive ketones (excluding diaryl/α,β-unsaturated/α-hetero) is 1. The SMILES string of the molecule is O=C(C1=CN(Cc2ccccc2)CN(Cc2ccccc2)C1)c1ccccc1. The van der Waals surface area contributed by atoms with E-state index in [2.05, 4.69) is 58.3 Å². The molecule has 0 saturated heterocycles. The summed E-state index contributed by atoms with van der Waals surface area (Å²) in [6.45, 7) is 3.08. The summed E-state index contributed by atoms with van der Waals surface area (Å²) in [5.74, 6) is 0.108. The van der Waals surface area contributed by atoms with Crippen LogP contribution in [-0.2, 0) is 13.1 Å². The highest BCUT2D eigenvalue weighted by molar-refractivity contribution is 6.08. The standard InChI is InChI=1S/C25H24N2O/c28-25(23-14-8-3-9-15-23)24-18-26(16-21-10-4-1-5-11-21)20-27(19-24)17-22-12-6-2-7-13-22/h1-15,18H,16-17,19-20H2. The number of ketones is 1. The number of nitrogens with zero attached hydrogens (tertiary/aromatic N) is 2. The molecular weight excluding hydrogens is 344 g/mol. The highest BCUT2D eigenvalue weighted by Gasteiger charge is 2.23. The first-order valence-electron chi connectivity index (χ1n) is 9.62. The van der Waals surface area contributed by atoms with Crippen LogP contribution in [0.15, 0.2) is 103 Å². The molecule has 0 aromatic heterocycles. The lowest BCUT2D eigenvalue weighted by Crippen LogP contribution is -2.41. The molecule has 4 rings (SSSR count). The van der Waals surface area contributed by atoms with Crippen molar-refractivity contribution in [3.05, 3.63) is 119 Å². The van der Waals surface area contributed by atoms with Crippen molar-refractivity contribution in [3.63, 3.8) is 0 Å². The zero-order valence-corrected chi connectivity index (χ0v) is 15.9. The molecule has 140 valence electrons. The number of rotatable bonds is 6. The average Bonchev–Trinajstić information content (AvgIpc) is 2.75. The fourth-order valence-corrected chi connectivity index (χ4v) is 3.62. The largest absolute Gasteiger partial charge is 0.360 e. The van der Waals surface area contributed by atoms with Crippen LogP contribution in [0.3, 0.4) is 0 Å². The van der Waals surface area contributed by atoms with Crippen LogP contribution in [0.2, 0.25) is 0 Å². The summed E-state index contributed by atoms with van der Waals surface area (Å²) in [5, 5.41) is 0. The molecule has 0 saturated carbocycles. The summed E-state index contributed by atoms with van der Waals surface area (Å²) in [5.41, 5.74) is 4.08. The van der Waals surface area contributed by atoms with Gasteiger partial charge in [-0.15, -0.1) is 0 Å². The van der Waals surface area contributed by atoms with Gasteiger partial charge >= 0.3 is 0 Å². The summed E-state index contributed by atoms with van der Waals surface area (Å²) in [6.07, 6.45) is 2.05. The number of carbonyl (C=O) groups excluding carboxylic acids is 1. The van der Waals surface area contributed by atoms with Gasteiger partial charge in [-0.05, 0) is 11.1 Å². The fraction of sp³-hybridized carbons (Fsp3) is 0.160. The summed E-state index contributed by atoms with van der Waals surface area (Å²) < 4.78 is 0. The van der Waals surface area contributed by atoms with Crippen LogP contribution < -0.4 is 0 Å². The minimum Gasteiger partial charge on any atom is -0.360 e. The van der Waals surface area contributed by atoms with Crippen LogP contribution in [0, 0.1) is 0 Å². The van der Waals surface area contributed by atoms with E-state index in [4.69, 9.17) is 0 Å². The molecule has 0 fully saturated rings. The third-order valence-electron chi connectivity index (χ3n) is 4.92. The van der Waals surface area contributed by atoms with E-state index in [9.17, 15) is 4.79 Å². The molecule has 0 spiro atoms. The van der Waals surface area contributed by atoms with Gasteiger partial charge in [-0.2, -0.15) is 0 Å². The molecule has 0 atom stereocenters. The molecule has 0 radical (unpaired) electrons. The Labute approximate surface area is 166 Å². The topological polar surface area (TPSA) is 23.6 Å². The Bertz CT molecular complexity index is 936. The Morgan fingerprint density at radius 1 is 0.714 bits per heavy atom. The number of benzene rings is 3. The third-order valence-corrected chi connectivity index (χ3v) is 4.92. The van der Waals surface area contributed by atoms with Crippen LogP contribution in [0.25, 0.3) is 0 Å². The molecule has 0 unspecified atom stereocenters. The highest BCUT2D eigenvalue weighted by Crippen LogP contribution is 2.20. The van der Waals surface area contributed by atoms with E-state index >= 15 is 0 Å². The minimum atomic E-state index is 0.108. The molecule has 1 aliphatic heterocycles. The van der Waals surface area contributed by atoms with Crippen molar-refractivity contribution in [3.8, 4) is 0 Å². The zero-order chi connectivity index (χ0) is 19.2. The molecule has 28 heavy (non-hydrogen) atoms. The first-order valence-corrected chi connectivity index (χ1v) is 9.62. The van der Waals surface area contributed by atoms with Crippen molar-refractivity contribution in [1.82, 2.24) is 9.80 Å². The Hall–Kier alpha value is -3.17. The smallest absolute Gasteiger partial charge is 0.191 e. The summed E-state index contributed by atoms with van der Waals surface area (Å²) >= 11 is 0. The maximum Gasteiger partial charge on any atom is 0.191 e.